The van der Waals surface area contributed by atoms with Crippen LogP contribution in [-0.4, -0.2) is 0 Å². The molecule has 0 aliphatic carbocycles. The Morgan fingerprint density at radius 2 is 1.73 bits per heavy atom. The molecule has 11 heavy (non-hydrogen) atoms. The number of hydrogen-bond donors (Lipinski definition) is 0. The van der Waals surface area contributed by atoms with E-state index in [9.17, 15) is 0 Å². The van der Waals surface area contributed by atoms with E-state index in [4.69, 9.17) is 0 Å². The van der Waals surface area contributed by atoms with Gasteiger partial charge in [-0.15, -0.1) is 6.58 Å². The number of allylic oxidation sites excluding steroid dienone is 1. The molecule has 0 rings (SSSR count). The maximum absolute atomic E-state index is 3.88. The highest BCUT2D eigenvalue weighted by Gasteiger charge is 2.18. The van der Waals surface area contributed by atoms with Crippen molar-refractivity contribution in [1.82, 2.24) is 0 Å². The monoisotopic (exact) mass is 154 g/mol. The van der Waals surface area contributed by atoms with Crippen molar-refractivity contribution in [3.63, 3.8) is 0 Å². The van der Waals surface area contributed by atoms with Crippen molar-refractivity contribution in [2.75, 3.05) is 0 Å². The molecule has 0 spiro atoms. The molecule has 0 aliphatic rings. The van der Waals surface area contributed by atoms with Gasteiger partial charge in [0, 0.05) is 0 Å². The van der Waals surface area contributed by atoms with Crippen molar-refractivity contribution in [3.05, 3.63) is 12.7 Å². The van der Waals surface area contributed by atoms with Crippen LogP contribution in [0.3, 0.4) is 0 Å². The van der Waals surface area contributed by atoms with Crippen molar-refractivity contribution < 1.29 is 0 Å². The summed E-state index contributed by atoms with van der Waals surface area (Å²) in [5.74, 6) is 2.35. The zero-order chi connectivity index (χ0) is 8.85. The summed E-state index contributed by atoms with van der Waals surface area (Å²) in [5.41, 5.74) is 0. The molecule has 0 N–H and O–H groups in total. The van der Waals surface area contributed by atoms with Gasteiger partial charge in [0.1, 0.15) is 0 Å². The van der Waals surface area contributed by atoms with E-state index in [1.54, 1.807) is 0 Å². The molecule has 0 heterocycles. The summed E-state index contributed by atoms with van der Waals surface area (Å²) >= 11 is 0. The van der Waals surface area contributed by atoms with E-state index < -0.39 is 0 Å². The predicted octanol–water partition coefficient (Wildman–Crippen LogP) is 3.88. The largest absolute Gasteiger partial charge is 0.103 e. The molecule has 0 nitrogen and oxygen atoms in total. The Labute approximate surface area is 71.7 Å². The van der Waals surface area contributed by atoms with Crippen LogP contribution in [0.2, 0.25) is 0 Å². The molecule has 0 radical (unpaired) electrons. The maximum Gasteiger partial charge on any atom is -0.0208 e. The second-order valence-electron chi connectivity index (χ2n) is 3.62. The summed E-state index contributed by atoms with van der Waals surface area (Å²) in [5, 5.41) is 0. The maximum atomic E-state index is 3.88. The van der Waals surface area contributed by atoms with Crippen molar-refractivity contribution in [2.45, 2.75) is 40.5 Å². The van der Waals surface area contributed by atoms with Crippen molar-refractivity contribution in [3.8, 4) is 0 Å². The Kier molecular flexibility index (Phi) is 5.27. The lowest BCUT2D eigenvalue weighted by Crippen LogP contribution is -2.16. The first-order chi connectivity index (χ1) is 5.17. The molecule has 0 saturated carbocycles. The summed E-state index contributed by atoms with van der Waals surface area (Å²) in [6.07, 6.45) is 4.64. The first-order valence-electron chi connectivity index (χ1n) is 4.79. The molecule has 2 atom stereocenters. The molecule has 0 aliphatic heterocycles. The van der Waals surface area contributed by atoms with Gasteiger partial charge in [0.25, 0.3) is 0 Å². The second-order valence-corrected chi connectivity index (χ2v) is 3.62. The van der Waals surface area contributed by atoms with Gasteiger partial charge < -0.3 is 0 Å². The molecular formula is C11H22. The summed E-state index contributed by atoms with van der Waals surface area (Å²) in [6, 6.07) is 0. The molecular weight excluding hydrogens is 132 g/mol. The van der Waals surface area contributed by atoms with Crippen molar-refractivity contribution >= 4 is 0 Å². The zero-order valence-corrected chi connectivity index (χ0v) is 8.43. The SMILES string of the molecule is C=CC(CC)C(CC)C(C)C. The number of rotatable bonds is 5. The molecule has 0 aromatic carbocycles. The predicted molar refractivity (Wildman–Crippen MR) is 52.6 cm³/mol. The van der Waals surface area contributed by atoms with Gasteiger partial charge >= 0.3 is 0 Å². The zero-order valence-electron chi connectivity index (χ0n) is 8.43. The van der Waals surface area contributed by atoms with Crippen LogP contribution >= 0.6 is 0 Å². The fraction of sp³-hybridized carbons (Fsp3) is 0.818. The summed E-state index contributed by atoms with van der Waals surface area (Å²) < 4.78 is 0. The van der Waals surface area contributed by atoms with Gasteiger partial charge in [-0.2, -0.15) is 0 Å². The van der Waals surface area contributed by atoms with E-state index in [1.807, 2.05) is 0 Å². The third-order valence-corrected chi connectivity index (χ3v) is 2.65. The van der Waals surface area contributed by atoms with Gasteiger partial charge in [0.05, 0.1) is 0 Å². The van der Waals surface area contributed by atoms with Crippen LogP contribution in [0, 0.1) is 17.8 Å². The minimum atomic E-state index is 0.722. The lowest BCUT2D eigenvalue weighted by Gasteiger charge is -2.25. The second kappa shape index (κ2) is 5.40. The van der Waals surface area contributed by atoms with Gasteiger partial charge in [0.2, 0.25) is 0 Å². The third kappa shape index (κ3) is 3.09. The fourth-order valence-electron chi connectivity index (χ4n) is 1.91. The lowest BCUT2D eigenvalue weighted by atomic mass is 9.80. The molecule has 0 aromatic heterocycles. The lowest BCUT2D eigenvalue weighted by molar-refractivity contribution is 0.281. The van der Waals surface area contributed by atoms with E-state index in [0.717, 1.165) is 17.8 Å². The Hall–Kier alpha value is -0.260. The molecule has 66 valence electrons. The van der Waals surface area contributed by atoms with Gasteiger partial charge in [-0.25, -0.2) is 0 Å². The standard InChI is InChI=1S/C11H22/c1-6-10(7-2)11(8-3)9(4)5/h6,9-11H,1,7-8H2,2-5H3. The molecule has 0 fully saturated rings. The van der Waals surface area contributed by atoms with Crippen molar-refractivity contribution in [2.24, 2.45) is 17.8 Å². The highest BCUT2D eigenvalue weighted by molar-refractivity contribution is 4.84. The normalized spacial score (nSPS) is 16.5. The quantitative estimate of drug-likeness (QED) is 0.527. The highest BCUT2D eigenvalue weighted by Crippen LogP contribution is 2.27. The van der Waals surface area contributed by atoms with Gasteiger partial charge in [0.15, 0.2) is 0 Å². The van der Waals surface area contributed by atoms with E-state index in [-0.39, 0.29) is 0 Å². The topological polar surface area (TPSA) is 0 Å². The Bertz CT molecular complexity index is 103. The minimum Gasteiger partial charge on any atom is -0.103 e. The van der Waals surface area contributed by atoms with Crippen LogP contribution in [0.15, 0.2) is 12.7 Å². The van der Waals surface area contributed by atoms with E-state index >= 15 is 0 Å². The molecule has 0 bridgehead atoms. The third-order valence-electron chi connectivity index (χ3n) is 2.65. The Balaban J connectivity index is 4.08. The molecule has 0 aromatic rings. The molecule has 0 amide bonds. The van der Waals surface area contributed by atoms with E-state index in [0.29, 0.717) is 0 Å². The van der Waals surface area contributed by atoms with Gasteiger partial charge in [-0.3, -0.25) is 0 Å². The fourth-order valence-corrected chi connectivity index (χ4v) is 1.91. The van der Waals surface area contributed by atoms with E-state index in [1.165, 1.54) is 12.8 Å². The smallest absolute Gasteiger partial charge is 0.0208 e. The van der Waals surface area contributed by atoms with Crippen LogP contribution < -0.4 is 0 Å². The molecule has 0 heteroatoms. The van der Waals surface area contributed by atoms with Crippen LogP contribution in [0.1, 0.15) is 40.5 Å². The average Bonchev–Trinajstić information content (AvgIpc) is 1.99. The number of hydrogen-bond acceptors (Lipinski definition) is 0. The summed E-state index contributed by atoms with van der Waals surface area (Å²) in [7, 11) is 0. The van der Waals surface area contributed by atoms with Crippen LogP contribution in [0.5, 0.6) is 0 Å². The first-order valence-corrected chi connectivity index (χ1v) is 4.79. The summed E-state index contributed by atoms with van der Waals surface area (Å²) in [6.45, 7) is 13.0. The highest BCUT2D eigenvalue weighted by atomic mass is 14.2. The van der Waals surface area contributed by atoms with Gasteiger partial charge in [-0.1, -0.05) is 40.2 Å². The average molecular weight is 154 g/mol. The first kappa shape index (κ1) is 10.7. The molecule has 0 saturated heterocycles. The van der Waals surface area contributed by atoms with Crippen LogP contribution in [-0.2, 0) is 0 Å². The van der Waals surface area contributed by atoms with Gasteiger partial charge in [-0.05, 0) is 24.2 Å². The molecule has 2 unspecified atom stereocenters. The Morgan fingerprint density at radius 1 is 1.18 bits per heavy atom. The van der Waals surface area contributed by atoms with Crippen molar-refractivity contribution in [1.29, 1.82) is 0 Å². The summed E-state index contributed by atoms with van der Waals surface area (Å²) in [4.78, 5) is 0. The van der Waals surface area contributed by atoms with Crippen LogP contribution in [0.25, 0.3) is 0 Å². The minimum absolute atomic E-state index is 0.722. The Morgan fingerprint density at radius 3 is 1.82 bits per heavy atom. The van der Waals surface area contributed by atoms with E-state index in [2.05, 4.69) is 40.3 Å². The van der Waals surface area contributed by atoms with Crippen LogP contribution in [0.4, 0.5) is 0 Å².